The van der Waals surface area contributed by atoms with E-state index in [2.05, 4.69) is 0 Å². The average Bonchev–Trinajstić information content (AvgIpc) is 0. The third-order valence-corrected chi connectivity index (χ3v) is 0. The first-order valence-electron chi connectivity index (χ1n) is 0. The van der Waals surface area contributed by atoms with Crippen molar-refractivity contribution in [3.05, 3.63) is 0 Å². The van der Waals surface area contributed by atoms with Crippen LogP contribution in [0.15, 0.2) is 0 Å². The molecule has 0 amide bonds. The summed E-state index contributed by atoms with van der Waals surface area (Å²) in [7, 11) is 0. The van der Waals surface area contributed by atoms with E-state index in [0.717, 1.165) is 0 Å². The molecule has 0 aromatic rings. The molecule has 0 bridgehead atoms. The van der Waals surface area contributed by atoms with Gasteiger partial charge in [0, 0.05) is 0 Å². The maximum Gasteiger partial charge on any atom is 1.00 e. The summed E-state index contributed by atoms with van der Waals surface area (Å²) in [5.74, 6) is 0. The van der Waals surface area contributed by atoms with Gasteiger partial charge in [0.25, 0.3) is 0 Å². The van der Waals surface area contributed by atoms with Gasteiger partial charge in [-0.15, -0.1) is 0 Å². The van der Waals surface area contributed by atoms with Crippen molar-refractivity contribution in [3.8, 4) is 0 Å². The number of rotatable bonds is 0. The van der Waals surface area contributed by atoms with E-state index in [1.807, 2.05) is 0 Å². The van der Waals surface area contributed by atoms with Crippen LogP contribution in [-0.4, -0.2) is 356 Å². The molecule has 0 saturated carbocycles. The Morgan fingerprint density at radius 3 is 0.0273 bits per heavy atom. The summed E-state index contributed by atoms with van der Waals surface area (Å²) >= 11 is 0. The Hall–Kier alpha value is 42.4. The fraction of sp³-hybridized carbons (Fsp3) is 0. The Morgan fingerprint density at radius 2 is 0.0273 bits per heavy atom. The van der Waals surface area contributed by atoms with Crippen LogP contribution in [0.3, 0.4) is 0 Å². The Bertz CT molecular complexity index is 107. The zero-order chi connectivity index (χ0) is 0. The molecule has 110 heteroatoms. The summed E-state index contributed by atoms with van der Waals surface area (Å²) in [5, 5.41) is 0. The fourth-order valence-corrected chi connectivity index (χ4v) is 0. The van der Waals surface area contributed by atoms with Crippen LogP contribution in [0.4, 0.5) is 0 Å². The van der Waals surface area contributed by atoms with Crippen LogP contribution >= 0.6 is 0 Å². The Balaban J connectivity index is 0. The first kappa shape index (κ1) is 1940. The van der Waals surface area contributed by atoms with Crippen molar-refractivity contribution in [1.82, 2.24) is 0 Å². The molecule has 0 saturated heterocycles. The van der Waals surface area contributed by atoms with Gasteiger partial charge in [0.2, 0.25) is 0 Å². The quantitative estimate of drug-likeness (QED) is 0.203. The van der Waals surface area contributed by atoms with E-state index in [0.29, 0.717) is 0 Å². The molecule has 0 aliphatic rings. The molecule has 85 N–H and O–H groups in total. The Labute approximate surface area is 1640 Å². The second-order valence-corrected chi connectivity index (χ2v) is 0. The molecule has 0 aromatic heterocycles. The summed E-state index contributed by atoms with van der Waals surface area (Å²) in [6, 6.07) is 0. The van der Waals surface area contributed by atoms with Crippen molar-refractivity contribution in [2.45, 2.75) is 0 Å². The number of hydrogen-bond acceptors (Lipinski definition) is 45. The van der Waals surface area contributed by atoms with Gasteiger partial charge in [-0.1, -0.05) is 0 Å². The van der Waals surface area contributed by atoms with Crippen LogP contribution in [0.5, 0.6) is 0 Å². The molecule has 0 unspecified atom stereocenters. The van der Waals surface area contributed by atoms with Crippen LogP contribution in [0.1, 0.15) is 0 Å². The van der Waals surface area contributed by atoms with Gasteiger partial charge in [-0.05, 0) is 0 Å². The second-order valence-electron chi connectivity index (χ2n) is 0. The molecular weight excluding hydrogens is 2070 g/mol. The molecule has 0 spiro atoms. The monoisotopic (exact) mass is 2160 g/mol. The van der Waals surface area contributed by atoms with E-state index >= 15 is 0 Å². The summed E-state index contributed by atoms with van der Waals surface area (Å²) in [6.07, 6.45) is 0. The van der Waals surface area contributed by atoms with Gasteiger partial charge in [0.1, 0.15) is 0 Å². The van der Waals surface area contributed by atoms with Gasteiger partial charge in [-0.25, -0.2) is 0 Å². The van der Waals surface area contributed by atoms with Gasteiger partial charge >= 0.3 is 1330 Å². The van der Waals surface area contributed by atoms with E-state index in [9.17, 15) is 0 Å². The maximum absolute atomic E-state index is 0. The second kappa shape index (κ2) is 1900. The van der Waals surface area contributed by atoms with Crippen LogP contribution < -0.4 is 1330 Å². The Kier molecular flexibility index (Phi) is 33700. The molecule has 0 atom stereocenters. The zero-order valence-electron chi connectivity index (χ0n) is 75.1. The summed E-state index contributed by atoms with van der Waals surface area (Å²) in [6.45, 7) is 0. The largest absolute Gasteiger partial charge is 1.00 e. The minimum Gasteiger partial charge on any atom is -0.870 e. The van der Waals surface area contributed by atoms with Gasteiger partial charge in [-0.2, -0.15) is 0 Å². The van der Waals surface area contributed by atoms with Crippen molar-refractivity contribution in [2.24, 2.45) is 0 Å². The average molecular weight is 2160 g/mol. The van der Waals surface area contributed by atoms with Crippen molar-refractivity contribution >= 4 is 0 Å². The van der Waals surface area contributed by atoms with Crippen LogP contribution in [0, 0.1) is 0 Å². The molecule has 65 nitrogen and oxygen atoms in total. The van der Waals surface area contributed by atoms with Crippen molar-refractivity contribution in [1.29, 1.82) is 0 Å². The normalized spacial score (nSPS) is 0. The molecule has 0 aliphatic carbocycles. The molecule has 0 aromatic carbocycles. The van der Waals surface area contributed by atoms with Gasteiger partial charge in [-0.3, -0.25) is 0 Å². The van der Waals surface area contributed by atoms with Crippen molar-refractivity contribution < 1.29 is 1690 Å². The fourth-order valence-electron chi connectivity index (χ4n) is 0. The van der Waals surface area contributed by atoms with E-state index in [4.69, 9.17) is 0 Å². The standard InChI is InChI=1S/45Na.65H2O/h;;;;;;;;;;;;;;;;;;;;;;;;;;;;;;;;;;;;;;;;;;;;;65*1H2/q45*+1;;;;;;;;;;;;;;;;;;;;;;;;;;;;;;;;;;;;;;;;;;;;;;;;;;;;;;;;;;;;;;;;;/p-45. The van der Waals surface area contributed by atoms with E-state index in [1.54, 1.807) is 0 Å². The summed E-state index contributed by atoms with van der Waals surface area (Å²) < 4.78 is 0. The summed E-state index contributed by atoms with van der Waals surface area (Å²) in [5.41, 5.74) is 0. The van der Waals surface area contributed by atoms with E-state index in [-0.39, 0.29) is 1690 Å². The molecule has 0 fully saturated rings. The van der Waals surface area contributed by atoms with Gasteiger partial charge < -0.3 is 356 Å². The summed E-state index contributed by atoms with van der Waals surface area (Å²) in [4.78, 5) is 0. The molecule has 0 heterocycles. The molecule has 0 aliphatic heterocycles. The topological polar surface area (TPSA) is 1980 Å². The number of hydrogen-bond donors (Lipinski definition) is 0. The first-order valence-corrected chi connectivity index (χ1v) is 0. The smallest absolute Gasteiger partial charge is 0.870 e. The Morgan fingerprint density at radius 1 is 0.0273 bits per heavy atom. The van der Waals surface area contributed by atoms with Crippen LogP contribution in [-0.2, 0) is 0 Å². The molecule has 110 heavy (non-hydrogen) atoms. The third-order valence-electron chi connectivity index (χ3n) is 0. The van der Waals surface area contributed by atoms with Gasteiger partial charge in [0.15, 0.2) is 0 Å². The molecule has 0 rings (SSSR count). The predicted octanol–water partition coefficient (Wildman–Crippen LogP) is -159. The van der Waals surface area contributed by atoms with Crippen molar-refractivity contribution in [2.75, 3.05) is 0 Å². The molecule has 0 radical (unpaired) electrons. The molecular formula is H85Na45O65. The van der Waals surface area contributed by atoms with Gasteiger partial charge in [0.05, 0.1) is 0 Å². The van der Waals surface area contributed by atoms with E-state index < -0.39 is 0 Å². The minimum atomic E-state index is 0. The molecule has 520 valence electrons. The van der Waals surface area contributed by atoms with E-state index in [1.165, 1.54) is 0 Å². The zero-order valence-corrected chi connectivity index (χ0v) is 165. The minimum absolute atomic E-state index is 0. The van der Waals surface area contributed by atoms with Crippen molar-refractivity contribution in [3.63, 3.8) is 0 Å². The third kappa shape index (κ3) is 1870. The maximum atomic E-state index is 0. The van der Waals surface area contributed by atoms with Crippen LogP contribution in [0.2, 0.25) is 0 Å². The SMILES string of the molecule is O.O.O.O.O.O.O.O.O.O.O.O.O.O.O.O.O.O.O.O.[Na+].[Na+].[Na+].[Na+].[Na+].[Na+].[Na+].[Na+].[Na+].[Na+].[Na+].[Na+].[Na+].[Na+].[Na+].[Na+].[Na+].[Na+].[Na+].[Na+].[Na+].[Na+].[Na+].[Na+].[Na+].[Na+].[Na+].[Na+].[Na+].[Na+].[Na+].[Na+].[Na+].[Na+].[Na+].[Na+].[Na+].[Na+].[Na+].[Na+].[Na+].[Na+].[Na+].[Na+].[Na+].[OH-].[OH-].[OH-].[OH-].[OH-].[OH-].[OH-].[OH-].[OH-].[OH-].[OH-].[OH-].[OH-].[OH-].[OH-].[OH-].[OH-].[OH-].[OH-].[OH-].[OH-].[OH-].[OH-].[OH-].[OH-].[OH-].[OH-].[OH-].[OH-].[OH-].[OH-].[OH-].[OH-].[OH-].[OH-].[OH-].[OH-].[OH-].[OH-].[OH-].[OH-].[OH-].[OH-].[OH-].[OH-]. The first-order chi connectivity index (χ1) is 0. The van der Waals surface area contributed by atoms with Crippen LogP contribution in [0.25, 0.3) is 0 Å². The predicted molar refractivity (Wildman–Crippen MR) is 159 cm³/mol.